The Bertz CT molecular complexity index is 738. The van der Waals surface area contributed by atoms with Gasteiger partial charge in [0.05, 0.1) is 6.61 Å². The van der Waals surface area contributed by atoms with Crippen molar-refractivity contribution in [1.82, 2.24) is 0 Å². The van der Waals surface area contributed by atoms with Gasteiger partial charge in [-0.15, -0.1) is 0 Å². The van der Waals surface area contributed by atoms with Crippen LogP contribution < -0.4 is 10.1 Å². The third kappa shape index (κ3) is 6.44. The second-order valence-corrected chi connectivity index (χ2v) is 6.29. The lowest BCUT2D eigenvalue weighted by molar-refractivity contribution is -0.150. The van der Waals surface area contributed by atoms with E-state index in [1.54, 1.807) is 38.1 Å². The highest BCUT2D eigenvalue weighted by Crippen LogP contribution is 2.17. The van der Waals surface area contributed by atoms with Crippen LogP contribution in [0.1, 0.15) is 49.5 Å². The van der Waals surface area contributed by atoms with Gasteiger partial charge in [0.2, 0.25) is 0 Å². The Labute approximate surface area is 160 Å². The average Bonchev–Trinajstić information content (AvgIpc) is 2.68. The third-order valence-corrected chi connectivity index (χ3v) is 4.08. The van der Waals surface area contributed by atoms with Gasteiger partial charge in [0.25, 0.3) is 5.91 Å². The van der Waals surface area contributed by atoms with Crippen LogP contribution in [0.15, 0.2) is 48.5 Å². The van der Waals surface area contributed by atoms with E-state index in [0.717, 1.165) is 24.9 Å². The van der Waals surface area contributed by atoms with Crippen LogP contribution in [-0.4, -0.2) is 24.6 Å². The highest BCUT2D eigenvalue weighted by atomic mass is 16.6. The van der Waals surface area contributed by atoms with Crippen molar-refractivity contribution in [1.29, 1.82) is 0 Å². The van der Waals surface area contributed by atoms with E-state index in [2.05, 4.69) is 12.2 Å². The topological polar surface area (TPSA) is 64.6 Å². The second-order valence-electron chi connectivity index (χ2n) is 6.29. The van der Waals surface area contributed by atoms with Crippen LogP contribution in [0.3, 0.4) is 0 Å². The quantitative estimate of drug-likeness (QED) is 0.656. The number of carbonyl (C=O) groups excluding carboxylic acids is 2. The van der Waals surface area contributed by atoms with Crippen molar-refractivity contribution >= 4 is 17.6 Å². The van der Waals surface area contributed by atoms with Gasteiger partial charge in [-0.2, -0.15) is 0 Å². The molecular weight excluding hydrogens is 342 g/mol. The van der Waals surface area contributed by atoms with Gasteiger partial charge in [-0.05, 0) is 68.7 Å². The number of hydrogen-bond donors (Lipinski definition) is 1. The van der Waals surface area contributed by atoms with Gasteiger partial charge in [-0.25, -0.2) is 4.79 Å². The molecule has 0 spiro atoms. The molecule has 2 aromatic carbocycles. The molecule has 0 radical (unpaired) electrons. The van der Waals surface area contributed by atoms with E-state index in [-0.39, 0.29) is 5.91 Å². The lowest BCUT2D eigenvalue weighted by Gasteiger charge is -2.13. The van der Waals surface area contributed by atoms with Crippen LogP contribution in [0.25, 0.3) is 0 Å². The van der Waals surface area contributed by atoms with Gasteiger partial charge in [0.1, 0.15) is 5.75 Å². The molecule has 0 aliphatic heterocycles. The molecule has 144 valence electrons. The van der Waals surface area contributed by atoms with Crippen LogP contribution in [0.4, 0.5) is 5.69 Å². The largest absolute Gasteiger partial charge is 0.479 e. The van der Waals surface area contributed by atoms with Crippen LogP contribution in [-0.2, 0) is 16.0 Å². The van der Waals surface area contributed by atoms with E-state index < -0.39 is 12.1 Å². The SMILES string of the molecule is CCCCc1ccc(NC(=O)c2ccc(OC(C)C(=O)OCC)cc2)cc1. The maximum absolute atomic E-state index is 12.4. The maximum Gasteiger partial charge on any atom is 0.347 e. The molecule has 0 heterocycles. The minimum absolute atomic E-state index is 0.193. The number of carbonyl (C=O) groups is 2. The molecule has 1 unspecified atom stereocenters. The highest BCUT2D eigenvalue weighted by Gasteiger charge is 2.16. The molecule has 0 bridgehead atoms. The van der Waals surface area contributed by atoms with Crippen molar-refractivity contribution in [3.05, 3.63) is 59.7 Å². The maximum atomic E-state index is 12.4. The van der Waals surface area contributed by atoms with Crippen LogP contribution in [0.2, 0.25) is 0 Å². The fraction of sp³-hybridized carbons (Fsp3) is 0.364. The first-order chi connectivity index (χ1) is 13.0. The van der Waals surface area contributed by atoms with Gasteiger partial charge in [0.15, 0.2) is 6.10 Å². The monoisotopic (exact) mass is 369 g/mol. The number of ether oxygens (including phenoxy) is 2. The highest BCUT2D eigenvalue weighted by molar-refractivity contribution is 6.04. The number of amides is 1. The zero-order valence-electron chi connectivity index (χ0n) is 16.2. The molecule has 0 saturated carbocycles. The molecule has 0 fully saturated rings. The van der Waals surface area contributed by atoms with E-state index in [0.29, 0.717) is 17.9 Å². The first kappa shape index (κ1) is 20.5. The number of hydrogen-bond acceptors (Lipinski definition) is 4. The Morgan fingerprint density at radius 1 is 1.00 bits per heavy atom. The van der Waals surface area contributed by atoms with Gasteiger partial charge in [-0.3, -0.25) is 4.79 Å². The minimum Gasteiger partial charge on any atom is -0.479 e. The van der Waals surface area contributed by atoms with Crippen molar-refractivity contribution in [2.24, 2.45) is 0 Å². The summed E-state index contributed by atoms with van der Waals surface area (Å²) < 4.78 is 10.4. The first-order valence-corrected chi connectivity index (χ1v) is 9.37. The molecule has 1 N–H and O–H groups in total. The number of unbranched alkanes of at least 4 members (excludes halogenated alkanes) is 1. The Hall–Kier alpha value is -2.82. The number of rotatable bonds is 9. The fourth-order valence-electron chi connectivity index (χ4n) is 2.54. The van der Waals surface area contributed by atoms with Gasteiger partial charge < -0.3 is 14.8 Å². The lowest BCUT2D eigenvalue weighted by atomic mass is 10.1. The van der Waals surface area contributed by atoms with Crippen LogP contribution >= 0.6 is 0 Å². The number of nitrogens with one attached hydrogen (secondary N) is 1. The number of benzene rings is 2. The van der Waals surface area contributed by atoms with E-state index in [1.807, 2.05) is 24.3 Å². The van der Waals surface area contributed by atoms with E-state index in [9.17, 15) is 9.59 Å². The Morgan fingerprint density at radius 2 is 1.67 bits per heavy atom. The summed E-state index contributed by atoms with van der Waals surface area (Å²) in [6.07, 6.45) is 2.68. The smallest absolute Gasteiger partial charge is 0.347 e. The molecule has 0 aliphatic carbocycles. The van der Waals surface area contributed by atoms with Crippen molar-refractivity contribution < 1.29 is 19.1 Å². The molecule has 2 aromatic rings. The van der Waals surface area contributed by atoms with Crippen LogP contribution in [0.5, 0.6) is 5.75 Å². The van der Waals surface area contributed by atoms with E-state index in [4.69, 9.17) is 9.47 Å². The van der Waals surface area contributed by atoms with Crippen molar-refractivity contribution in [3.63, 3.8) is 0 Å². The van der Waals surface area contributed by atoms with Crippen LogP contribution in [0, 0.1) is 0 Å². The van der Waals surface area contributed by atoms with Gasteiger partial charge in [-0.1, -0.05) is 25.5 Å². The molecule has 1 atom stereocenters. The van der Waals surface area contributed by atoms with Gasteiger partial charge >= 0.3 is 5.97 Å². The van der Waals surface area contributed by atoms with Gasteiger partial charge in [0, 0.05) is 11.3 Å². The fourth-order valence-corrected chi connectivity index (χ4v) is 2.54. The molecule has 1 amide bonds. The Kier molecular flexibility index (Phi) is 7.86. The molecular formula is C22H27NO4. The molecule has 5 heteroatoms. The summed E-state index contributed by atoms with van der Waals surface area (Å²) in [5, 5.41) is 2.88. The molecule has 0 aromatic heterocycles. The van der Waals surface area contributed by atoms with E-state index in [1.165, 1.54) is 5.56 Å². The average molecular weight is 369 g/mol. The van der Waals surface area contributed by atoms with E-state index >= 15 is 0 Å². The predicted molar refractivity (Wildman–Crippen MR) is 106 cm³/mol. The predicted octanol–water partition coefficient (Wildman–Crippen LogP) is 4.61. The molecule has 27 heavy (non-hydrogen) atoms. The third-order valence-electron chi connectivity index (χ3n) is 4.08. The first-order valence-electron chi connectivity index (χ1n) is 9.37. The molecule has 0 saturated heterocycles. The summed E-state index contributed by atoms with van der Waals surface area (Å²) in [7, 11) is 0. The summed E-state index contributed by atoms with van der Waals surface area (Å²) >= 11 is 0. The van der Waals surface area contributed by atoms with Crippen molar-refractivity contribution in [2.45, 2.75) is 46.1 Å². The number of esters is 1. The lowest BCUT2D eigenvalue weighted by Crippen LogP contribution is -2.26. The summed E-state index contributed by atoms with van der Waals surface area (Å²) in [6.45, 7) is 5.85. The summed E-state index contributed by atoms with van der Waals surface area (Å²) in [4.78, 5) is 24.0. The second kappa shape index (κ2) is 10.4. The summed E-state index contributed by atoms with van der Waals surface area (Å²) in [6, 6.07) is 14.6. The minimum atomic E-state index is -0.698. The number of anilines is 1. The zero-order chi connectivity index (χ0) is 19.6. The number of aryl methyl sites for hydroxylation is 1. The summed E-state index contributed by atoms with van der Waals surface area (Å²) in [5.74, 6) is -0.101. The Morgan fingerprint density at radius 3 is 2.26 bits per heavy atom. The Balaban J connectivity index is 1.92. The summed E-state index contributed by atoms with van der Waals surface area (Å²) in [5.41, 5.74) is 2.55. The van der Waals surface area contributed by atoms with Crippen molar-refractivity contribution in [2.75, 3.05) is 11.9 Å². The molecule has 0 aliphatic rings. The molecule has 5 nitrogen and oxygen atoms in total. The van der Waals surface area contributed by atoms with Crippen molar-refractivity contribution in [3.8, 4) is 5.75 Å². The molecule has 2 rings (SSSR count). The zero-order valence-corrected chi connectivity index (χ0v) is 16.2. The standard InChI is InChI=1S/C22H27NO4/c1-4-6-7-17-8-12-19(13-9-17)23-21(24)18-10-14-20(15-11-18)27-16(3)22(25)26-5-2/h8-16H,4-7H2,1-3H3,(H,23,24). The normalized spacial score (nSPS) is 11.5.